The van der Waals surface area contributed by atoms with Gasteiger partial charge in [0.05, 0.1) is 0 Å². The van der Waals surface area contributed by atoms with E-state index < -0.39 is 0 Å². The van der Waals surface area contributed by atoms with E-state index in [4.69, 9.17) is 11.6 Å². The second-order valence-electron chi connectivity index (χ2n) is 6.40. The molecule has 6 nitrogen and oxygen atoms in total. The largest absolute Gasteiger partial charge is 0.326 e. The molecule has 1 aliphatic heterocycles. The van der Waals surface area contributed by atoms with Crippen LogP contribution in [-0.2, 0) is 4.79 Å². The summed E-state index contributed by atoms with van der Waals surface area (Å²) in [5.74, 6) is 1.16. The van der Waals surface area contributed by atoms with Gasteiger partial charge in [-0.15, -0.1) is 0 Å². The number of fused-ring (bicyclic) bond motifs is 1. The first-order chi connectivity index (χ1) is 11.7. The van der Waals surface area contributed by atoms with Crippen molar-refractivity contribution in [2.24, 2.45) is 5.92 Å². The number of carbonyl (C=O) groups is 1. The number of aromatic nitrogens is 4. The number of hydrogen-bond donors (Lipinski definition) is 1. The third-order valence-electron chi connectivity index (χ3n) is 4.75. The molecule has 2 heterocycles. The van der Waals surface area contributed by atoms with E-state index in [1.165, 1.54) is 0 Å². The van der Waals surface area contributed by atoms with Gasteiger partial charge in [-0.1, -0.05) is 42.2 Å². The van der Waals surface area contributed by atoms with Gasteiger partial charge >= 0.3 is 0 Å². The summed E-state index contributed by atoms with van der Waals surface area (Å²) in [6.45, 7) is 2.15. The second-order valence-corrected chi connectivity index (χ2v) is 6.84. The summed E-state index contributed by atoms with van der Waals surface area (Å²) in [6, 6.07) is 7.23. The lowest BCUT2D eigenvalue weighted by atomic mass is 9.79. The normalized spacial score (nSPS) is 22.8. The van der Waals surface area contributed by atoms with Crippen molar-refractivity contribution >= 4 is 23.3 Å². The van der Waals surface area contributed by atoms with Gasteiger partial charge < -0.3 is 5.32 Å². The Bertz CT molecular complexity index is 811. The molecule has 2 unspecified atom stereocenters. The van der Waals surface area contributed by atoms with E-state index in [1.807, 2.05) is 24.3 Å². The topological polar surface area (TPSA) is 72.7 Å². The van der Waals surface area contributed by atoms with Crippen molar-refractivity contribution in [2.75, 3.05) is 5.32 Å². The quantitative estimate of drug-likeness (QED) is 0.924. The zero-order valence-corrected chi connectivity index (χ0v) is 14.1. The van der Waals surface area contributed by atoms with Crippen molar-refractivity contribution in [1.82, 2.24) is 20.2 Å². The van der Waals surface area contributed by atoms with Crippen LogP contribution in [0.5, 0.6) is 0 Å². The summed E-state index contributed by atoms with van der Waals surface area (Å²) in [6.07, 6.45) is 3.60. The fraction of sp³-hybridized carbons (Fsp3) is 0.412. The first-order valence-electron chi connectivity index (χ1n) is 8.24. The number of anilines is 1. The molecule has 124 valence electrons. The molecule has 0 saturated heterocycles. The molecule has 2 aromatic rings. The van der Waals surface area contributed by atoms with Crippen LogP contribution in [0.2, 0.25) is 5.02 Å². The highest BCUT2D eigenvalue weighted by Gasteiger charge is 2.38. The van der Waals surface area contributed by atoms with Crippen LogP contribution in [0.15, 0.2) is 35.5 Å². The lowest BCUT2D eigenvalue weighted by Crippen LogP contribution is -2.34. The molecule has 1 aromatic heterocycles. The van der Waals surface area contributed by atoms with Crippen LogP contribution in [0, 0.1) is 5.92 Å². The highest BCUT2D eigenvalue weighted by molar-refractivity contribution is 6.30. The molecule has 4 rings (SSSR count). The molecule has 0 spiro atoms. The lowest BCUT2D eigenvalue weighted by molar-refractivity contribution is -0.117. The van der Waals surface area contributed by atoms with Crippen LogP contribution in [0.25, 0.3) is 0 Å². The number of nitrogens with one attached hydrogen (secondary N) is 1. The molecule has 24 heavy (non-hydrogen) atoms. The van der Waals surface area contributed by atoms with Crippen molar-refractivity contribution in [2.45, 2.75) is 38.6 Å². The number of Topliss-reactive ketones (excluding diaryl/α,β-unsaturated/α-hetero) is 1. The fourth-order valence-corrected chi connectivity index (χ4v) is 3.85. The van der Waals surface area contributed by atoms with Crippen LogP contribution in [0.4, 0.5) is 5.95 Å². The second kappa shape index (κ2) is 6.02. The van der Waals surface area contributed by atoms with Gasteiger partial charge in [0, 0.05) is 22.7 Å². The highest BCUT2D eigenvalue weighted by atomic mass is 35.5. The highest BCUT2D eigenvalue weighted by Crippen LogP contribution is 2.41. The molecule has 7 heteroatoms. The summed E-state index contributed by atoms with van der Waals surface area (Å²) in [7, 11) is 0. The summed E-state index contributed by atoms with van der Waals surface area (Å²) in [5, 5.41) is 15.9. The maximum absolute atomic E-state index is 12.9. The number of ketones is 1. The van der Waals surface area contributed by atoms with Crippen LogP contribution in [0.1, 0.15) is 44.2 Å². The molecular formula is C17H18ClN5O. The van der Waals surface area contributed by atoms with E-state index in [2.05, 4.69) is 27.8 Å². The minimum atomic E-state index is -0.293. The van der Waals surface area contributed by atoms with E-state index in [9.17, 15) is 4.79 Å². The van der Waals surface area contributed by atoms with Gasteiger partial charge in [-0.25, -0.2) is 0 Å². The van der Waals surface area contributed by atoms with Crippen molar-refractivity contribution in [3.8, 4) is 0 Å². The van der Waals surface area contributed by atoms with Gasteiger partial charge in [-0.3, -0.25) is 4.79 Å². The van der Waals surface area contributed by atoms with E-state index in [-0.39, 0.29) is 11.8 Å². The van der Waals surface area contributed by atoms with E-state index in [1.54, 1.807) is 4.68 Å². The van der Waals surface area contributed by atoms with Gasteiger partial charge in [-0.2, -0.15) is 4.68 Å². The van der Waals surface area contributed by atoms with Gasteiger partial charge in [0.1, 0.15) is 6.04 Å². The Labute approximate surface area is 144 Å². The minimum Gasteiger partial charge on any atom is -0.326 e. The molecule has 0 saturated carbocycles. The van der Waals surface area contributed by atoms with Crippen LogP contribution in [0.3, 0.4) is 0 Å². The number of allylic oxidation sites excluding steroid dienone is 2. The third-order valence-corrected chi connectivity index (χ3v) is 5.00. The summed E-state index contributed by atoms with van der Waals surface area (Å²) < 4.78 is 1.68. The van der Waals surface area contributed by atoms with Crippen LogP contribution >= 0.6 is 11.6 Å². The first kappa shape index (κ1) is 15.3. The number of hydrogen-bond acceptors (Lipinski definition) is 5. The molecule has 2 atom stereocenters. The fourth-order valence-electron chi connectivity index (χ4n) is 3.72. The number of halogens is 1. The predicted molar refractivity (Wildman–Crippen MR) is 90.7 cm³/mol. The van der Waals surface area contributed by atoms with E-state index >= 15 is 0 Å². The van der Waals surface area contributed by atoms with Crippen LogP contribution < -0.4 is 5.32 Å². The van der Waals surface area contributed by atoms with Crippen molar-refractivity contribution in [3.05, 3.63) is 46.1 Å². The number of benzene rings is 1. The Balaban J connectivity index is 1.81. The molecule has 0 radical (unpaired) electrons. The molecule has 0 bridgehead atoms. The SMILES string of the molecule is CCCC1CC(=O)C2=C(C1)Nc1nnnn1C2c1ccc(Cl)cc1. The van der Waals surface area contributed by atoms with Gasteiger partial charge in [0.2, 0.25) is 5.95 Å². The Morgan fingerprint density at radius 2 is 2.08 bits per heavy atom. The Morgan fingerprint density at radius 1 is 1.29 bits per heavy atom. The Kier molecular flexibility index (Phi) is 3.84. The van der Waals surface area contributed by atoms with Gasteiger partial charge in [0.25, 0.3) is 0 Å². The molecule has 1 aliphatic carbocycles. The van der Waals surface area contributed by atoms with Crippen LogP contribution in [-0.4, -0.2) is 26.0 Å². The average molecular weight is 344 g/mol. The average Bonchev–Trinajstić information content (AvgIpc) is 3.02. The van der Waals surface area contributed by atoms with Crippen molar-refractivity contribution in [1.29, 1.82) is 0 Å². The van der Waals surface area contributed by atoms with Crippen molar-refractivity contribution in [3.63, 3.8) is 0 Å². The number of rotatable bonds is 3. The third kappa shape index (κ3) is 2.51. The summed E-state index contributed by atoms with van der Waals surface area (Å²) in [4.78, 5) is 12.9. The smallest absolute Gasteiger partial charge is 0.248 e. The monoisotopic (exact) mass is 343 g/mol. The van der Waals surface area contributed by atoms with Crippen molar-refractivity contribution < 1.29 is 4.79 Å². The molecule has 0 fully saturated rings. The number of carbonyl (C=O) groups excluding carboxylic acids is 1. The number of tetrazole rings is 1. The summed E-state index contributed by atoms with van der Waals surface area (Å²) in [5.41, 5.74) is 2.71. The summed E-state index contributed by atoms with van der Waals surface area (Å²) >= 11 is 6.01. The molecule has 1 N–H and O–H groups in total. The molecular weight excluding hydrogens is 326 g/mol. The zero-order valence-electron chi connectivity index (χ0n) is 13.4. The first-order valence-corrected chi connectivity index (χ1v) is 8.61. The molecule has 2 aliphatic rings. The number of nitrogens with zero attached hydrogens (tertiary/aromatic N) is 4. The molecule has 1 aromatic carbocycles. The standard InChI is InChI=1S/C17H18ClN5O/c1-2-3-10-8-13-15(14(24)9-10)16(11-4-6-12(18)7-5-11)23-17(19-13)20-21-22-23/h4-7,10,16H,2-3,8-9H2,1H3,(H,19,20,22). The lowest BCUT2D eigenvalue weighted by Gasteiger charge is -2.34. The Hall–Kier alpha value is -2.21. The maximum Gasteiger partial charge on any atom is 0.248 e. The van der Waals surface area contributed by atoms with Gasteiger partial charge in [-0.05, 0) is 46.9 Å². The zero-order chi connectivity index (χ0) is 16.7. The Morgan fingerprint density at radius 3 is 2.83 bits per heavy atom. The molecule has 0 amide bonds. The predicted octanol–water partition coefficient (Wildman–Crippen LogP) is 3.37. The maximum atomic E-state index is 12.9. The minimum absolute atomic E-state index is 0.184. The van der Waals surface area contributed by atoms with E-state index in [0.29, 0.717) is 23.3 Å². The van der Waals surface area contributed by atoms with E-state index in [0.717, 1.165) is 36.1 Å². The van der Waals surface area contributed by atoms with Gasteiger partial charge in [0.15, 0.2) is 5.78 Å².